The van der Waals surface area contributed by atoms with Crippen LogP contribution in [0.15, 0.2) is 67.0 Å². The molecular weight excluding hydrogens is 490 g/mol. The molecule has 0 fully saturated rings. The van der Waals surface area contributed by atoms with Crippen molar-refractivity contribution < 1.29 is 28.5 Å². The number of fused-ring (bicyclic) bond motifs is 1. The van der Waals surface area contributed by atoms with Crippen LogP contribution in [0, 0.1) is 5.92 Å². The second-order valence-electron chi connectivity index (χ2n) is 7.48. The van der Waals surface area contributed by atoms with Crippen molar-refractivity contribution in [1.29, 1.82) is 0 Å². The molecule has 0 unspecified atom stereocenters. The minimum absolute atomic E-state index is 0.0375. The second kappa shape index (κ2) is 11.8. The fourth-order valence-electron chi connectivity index (χ4n) is 3.26. The van der Waals surface area contributed by atoms with Crippen LogP contribution in [0.1, 0.15) is 0 Å². The van der Waals surface area contributed by atoms with Crippen LogP contribution in [0.5, 0.6) is 11.5 Å². The molecule has 0 radical (unpaired) electrons. The molecule has 0 saturated heterocycles. The molecular formula is C24H22ClN5O6. The number of para-hydroxylation sites is 2. The molecule has 4 rings (SSSR count). The summed E-state index contributed by atoms with van der Waals surface area (Å²) in [5.41, 5.74) is 0.970. The number of hydrogen-bond donors (Lipinski definition) is 1. The normalized spacial score (nSPS) is 10.8. The van der Waals surface area contributed by atoms with Gasteiger partial charge in [-0.1, -0.05) is 36.4 Å². The Morgan fingerprint density at radius 2 is 1.47 bits per heavy atom. The zero-order valence-electron chi connectivity index (χ0n) is 19.2. The molecule has 1 N–H and O–H groups in total. The van der Waals surface area contributed by atoms with E-state index in [1.807, 2.05) is 0 Å². The molecule has 2 heterocycles. The van der Waals surface area contributed by atoms with Gasteiger partial charge in [-0.3, -0.25) is 0 Å². The van der Waals surface area contributed by atoms with E-state index in [4.69, 9.17) is 30.5 Å². The number of aromatic nitrogens is 4. The van der Waals surface area contributed by atoms with Crippen molar-refractivity contribution in [1.82, 2.24) is 19.5 Å². The third-order valence-corrected chi connectivity index (χ3v) is 5.06. The van der Waals surface area contributed by atoms with Crippen LogP contribution in [-0.2, 0) is 16.0 Å². The maximum absolute atomic E-state index is 12.2. The lowest BCUT2D eigenvalue weighted by atomic mass is 10.2. The fourth-order valence-corrected chi connectivity index (χ4v) is 3.42. The van der Waals surface area contributed by atoms with Gasteiger partial charge < -0.3 is 28.8 Å². The van der Waals surface area contributed by atoms with E-state index in [-0.39, 0.29) is 25.0 Å². The Bertz CT molecular complexity index is 1260. The number of benzene rings is 2. The summed E-state index contributed by atoms with van der Waals surface area (Å²) in [7, 11) is 1.69. The molecule has 0 aliphatic heterocycles. The highest BCUT2D eigenvalue weighted by Gasteiger charge is 2.20. The molecule has 0 aliphatic rings. The van der Waals surface area contributed by atoms with Crippen LogP contribution >= 0.6 is 11.6 Å². The Labute approximate surface area is 210 Å². The number of ether oxygens (including phenoxy) is 4. The molecule has 0 saturated carbocycles. The summed E-state index contributed by atoms with van der Waals surface area (Å²) in [4.78, 5) is 37.1. The molecule has 0 amide bonds. The van der Waals surface area contributed by atoms with Crippen LogP contribution in [0.2, 0.25) is 5.28 Å². The van der Waals surface area contributed by atoms with Gasteiger partial charge in [0.05, 0.1) is 6.33 Å². The van der Waals surface area contributed by atoms with Crippen molar-refractivity contribution in [3.8, 4) is 11.5 Å². The van der Waals surface area contributed by atoms with E-state index in [1.54, 1.807) is 78.6 Å². The number of rotatable bonds is 9. The van der Waals surface area contributed by atoms with Crippen molar-refractivity contribution >= 4 is 40.9 Å². The van der Waals surface area contributed by atoms with Gasteiger partial charge in [0, 0.05) is 19.5 Å². The Kier molecular flexibility index (Phi) is 8.14. The molecule has 0 atom stereocenters. The van der Waals surface area contributed by atoms with E-state index >= 15 is 0 Å². The van der Waals surface area contributed by atoms with Crippen molar-refractivity contribution in [3.05, 3.63) is 72.3 Å². The van der Waals surface area contributed by atoms with Crippen LogP contribution in [0.3, 0.4) is 0 Å². The molecule has 0 bridgehead atoms. The maximum atomic E-state index is 12.2. The fraction of sp³-hybridized carbons (Fsp3) is 0.208. The van der Waals surface area contributed by atoms with Gasteiger partial charge >= 0.3 is 12.3 Å². The second-order valence-corrected chi connectivity index (χ2v) is 7.82. The highest BCUT2D eigenvalue weighted by atomic mass is 35.5. The van der Waals surface area contributed by atoms with E-state index in [0.29, 0.717) is 28.5 Å². The van der Waals surface area contributed by atoms with Gasteiger partial charge in [0.1, 0.15) is 24.7 Å². The first-order chi connectivity index (χ1) is 17.5. The number of nitrogens with one attached hydrogen (secondary N) is 1. The van der Waals surface area contributed by atoms with E-state index in [1.165, 1.54) is 0 Å². The highest BCUT2D eigenvalue weighted by molar-refractivity contribution is 6.28. The van der Waals surface area contributed by atoms with E-state index in [9.17, 15) is 9.59 Å². The molecule has 12 heteroatoms. The summed E-state index contributed by atoms with van der Waals surface area (Å²) in [6.07, 6.45) is -0.235. The SMILES string of the molecule is CNc1nc(Cl)nc2c1ncn2CC(COC(=O)Oc1ccccc1)COC(=O)Oc1ccccc1. The Morgan fingerprint density at radius 1 is 0.917 bits per heavy atom. The topological polar surface area (TPSA) is 127 Å². The summed E-state index contributed by atoms with van der Waals surface area (Å²) in [5, 5.41) is 2.96. The Hall–Kier alpha value is -4.38. The first-order valence-corrected chi connectivity index (χ1v) is 11.2. The molecule has 36 heavy (non-hydrogen) atoms. The van der Waals surface area contributed by atoms with Gasteiger partial charge in [-0.25, -0.2) is 14.6 Å². The quantitative estimate of drug-likeness (QED) is 0.194. The minimum atomic E-state index is -0.892. The Balaban J connectivity index is 1.45. The predicted molar refractivity (Wildman–Crippen MR) is 130 cm³/mol. The zero-order valence-corrected chi connectivity index (χ0v) is 19.9. The lowest BCUT2D eigenvalue weighted by molar-refractivity contribution is 0.0454. The third kappa shape index (κ3) is 6.60. The predicted octanol–water partition coefficient (Wildman–Crippen LogP) is 4.57. The number of anilines is 1. The lowest BCUT2D eigenvalue weighted by Gasteiger charge is -2.18. The molecule has 4 aromatic rings. The standard InChI is InChI=1S/C24H22ClN5O6/c1-26-20-19-21(29-22(25)28-20)30(15-27-19)12-16(13-33-23(31)35-17-8-4-2-5-9-17)14-34-24(32)36-18-10-6-3-7-11-18/h2-11,15-16H,12-14H2,1H3,(H,26,28,29). The zero-order chi connectivity index (χ0) is 25.3. The van der Waals surface area contributed by atoms with E-state index in [2.05, 4.69) is 20.3 Å². The van der Waals surface area contributed by atoms with Crippen LogP contribution in [0.25, 0.3) is 11.2 Å². The summed E-state index contributed by atoms with van der Waals surface area (Å²) < 4.78 is 22.6. The van der Waals surface area contributed by atoms with E-state index < -0.39 is 18.2 Å². The first-order valence-electron chi connectivity index (χ1n) is 10.9. The molecule has 186 valence electrons. The third-order valence-electron chi connectivity index (χ3n) is 4.89. The molecule has 2 aromatic heterocycles. The van der Waals surface area contributed by atoms with Crippen LogP contribution < -0.4 is 14.8 Å². The number of carbonyl (C=O) groups excluding carboxylic acids is 2. The van der Waals surface area contributed by atoms with Gasteiger partial charge in [-0.2, -0.15) is 9.97 Å². The van der Waals surface area contributed by atoms with Crippen molar-refractivity contribution in [3.63, 3.8) is 0 Å². The average Bonchev–Trinajstić information content (AvgIpc) is 3.28. The number of hydrogen-bond acceptors (Lipinski definition) is 10. The largest absolute Gasteiger partial charge is 0.513 e. The van der Waals surface area contributed by atoms with Gasteiger partial charge in [0.15, 0.2) is 17.0 Å². The number of nitrogens with zero attached hydrogens (tertiary/aromatic N) is 4. The number of imidazole rings is 1. The smallest absolute Gasteiger partial charge is 0.433 e. The van der Waals surface area contributed by atoms with Gasteiger partial charge in [0.2, 0.25) is 5.28 Å². The van der Waals surface area contributed by atoms with Gasteiger partial charge in [0.25, 0.3) is 0 Å². The monoisotopic (exact) mass is 511 g/mol. The molecule has 0 aliphatic carbocycles. The molecule has 2 aromatic carbocycles. The highest BCUT2D eigenvalue weighted by Crippen LogP contribution is 2.22. The lowest BCUT2D eigenvalue weighted by Crippen LogP contribution is -2.26. The summed E-state index contributed by atoms with van der Waals surface area (Å²) >= 11 is 6.05. The van der Waals surface area contributed by atoms with Crippen molar-refractivity contribution in [2.75, 3.05) is 25.6 Å². The summed E-state index contributed by atoms with van der Waals surface area (Å²) in [5.74, 6) is 0.646. The van der Waals surface area contributed by atoms with Gasteiger partial charge in [-0.05, 0) is 35.9 Å². The molecule has 0 spiro atoms. The molecule has 11 nitrogen and oxygen atoms in total. The van der Waals surface area contributed by atoms with E-state index in [0.717, 1.165) is 0 Å². The maximum Gasteiger partial charge on any atom is 0.513 e. The average molecular weight is 512 g/mol. The van der Waals surface area contributed by atoms with Crippen LogP contribution in [-0.4, -0.2) is 52.1 Å². The van der Waals surface area contributed by atoms with Gasteiger partial charge in [-0.15, -0.1) is 0 Å². The number of carbonyl (C=O) groups is 2. The van der Waals surface area contributed by atoms with Crippen LogP contribution in [0.4, 0.5) is 15.4 Å². The minimum Gasteiger partial charge on any atom is -0.433 e. The first kappa shape index (κ1) is 24.7. The van der Waals surface area contributed by atoms with Crippen molar-refractivity contribution in [2.45, 2.75) is 6.54 Å². The Morgan fingerprint density at radius 3 is 2.00 bits per heavy atom. The van der Waals surface area contributed by atoms with Crippen molar-refractivity contribution in [2.24, 2.45) is 5.92 Å². The summed E-state index contributed by atoms with van der Waals surface area (Å²) in [6.45, 7) is -0.0203. The summed E-state index contributed by atoms with van der Waals surface area (Å²) in [6, 6.07) is 17.0. The number of halogens is 1.